The van der Waals surface area contributed by atoms with E-state index in [4.69, 9.17) is 0 Å². The number of aliphatic hydroxyl groups excluding tert-OH is 9. The molecule has 0 aromatic carbocycles. The van der Waals surface area contributed by atoms with Gasteiger partial charge in [0.1, 0.15) is 0 Å². The Morgan fingerprint density at radius 1 is 0.387 bits per heavy atom. The Bertz CT molecular complexity index is 2520. The van der Waals surface area contributed by atoms with Gasteiger partial charge < -0.3 is 61.9 Å². The predicted octanol–water partition coefficient (Wildman–Crippen LogP) is 8.73. The number of rotatable bonds is 20. The van der Waals surface area contributed by atoms with Crippen molar-refractivity contribution in [2.24, 2.45) is 139 Å². The van der Waals surface area contributed by atoms with Gasteiger partial charge in [-0.15, -0.1) is 0 Å². The lowest BCUT2D eigenvalue weighted by atomic mass is 9.43. The third-order valence-corrected chi connectivity index (χ3v) is 33.0. The molecule has 12 N–H and O–H groups in total. The summed E-state index contributed by atoms with van der Waals surface area (Å²) in [6.45, 7) is 22.5. The van der Waals surface area contributed by atoms with Gasteiger partial charge in [0.2, 0.25) is 17.7 Å². The Morgan fingerprint density at radius 2 is 0.677 bits per heavy atom. The number of nitrogens with zero attached hydrogens (tertiary/aromatic N) is 1. The van der Waals surface area contributed by atoms with Crippen LogP contribution in [0.15, 0.2) is 0 Å². The second-order valence-electron chi connectivity index (χ2n) is 36.7. The maximum Gasteiger partial charge on any atom is 0.221 e. The first-order chi connectivity index (χ1) is 44.0. The molecule has 0 aromatic rings. The molecule has 0 radical (unpaired) electrons. The van der Waals surface area contributed by atoms with Crippen LogP contribution in [-0.4, -0.2) is 156 Å². The monoisotopic (exact) mass is 1300 g/mol. The number of amides is 3. The fourth-order valence-corrected chi connectivity index (χ4v) is 27.5. The Balaban J connectivity index is 0.639. The van der Waals surface area contributed by atoms with E-state index in [1.54, 1.807) is 0 Å². The van der Waals surface area contributed by atoms with Gasteiger partial charge in [0.15, 0.2) is 0 Å². The highest BCUT2D eigenvalue weighted by Crippen LogP contribution is 2.72. The SMILES string of the molecule is C[C@H](CCC(=O)NCCN(CCNC(=O)CC[C@@H](C)[C@H]1CC[C@H]2[C@@H]3[C@H](O)C[C@@H]4C[C@H](O)CC[C@]4(C)[C@H]3C[C@H](O)[C@]12C)CNC(=O)CC[C@@H](C)[C@H]1CC[C@H]2[C@@H]3[C@H](O)C[C@@H]4C[C@H](O)CC[C@]4(C)[C@H]3C[C@H](O)[C@]12C)[C@H]1CC[C@H]2[C@@H]3[C@H](O)C[C@@H]4C[C@H](O)CC[C@]4(C)[C@H]3C[C@H](O)[C@]12C. The van der Waals surface area contributed by atoms with Gasteiger partial charge in [-0.1, -0.05) is 62.3 Å². The molecule has 0 unspecified atom stereocenters. The molecule has 0 aromatic heterocycles. The van der Waals surface area contributed by atoms with Crippen molar-refractivity contribution in [2.45, 2.75) is 291 Å². The third kappa shape index (κ3) is 12.4. The van der Waals surface area contributed by atoms with Crippen LogP contribution in [0, 0.1) is 139 Å². The Hall–Kier alpha value is -1.99. The van der Waals surface area contributed by atoms with E-state index in [1.807, 2.05) is 0 Å². The maximum absolute atomic E-state index is 13.9. The van der Waals surface area contributed by atoms with Gasteiger partial charge in [0.25, 0.3) is 0 Å². The van der Waals surface area contributed by atoms with Crippen LogP contribution >= 0.6 is 0 Å². The third-order valence-electron chi connectivity index (χ3n) is 33.0. The molecular formula is C77H130N4O12. The summed E-state index contributed by atoms with van der Waals surface area (Å²) in [6, 6.07) is 0. The van der Waals surface area contributed by atoms with Crippen LogP contribution in [0.3, 0.4) is 0 Å². The van der Waals surface area contributed by atoms with Crippen LogP contribution in [0.1, 0.15) is 236 Å². The predicted molar refractivity (Wildman–Crippen MR) is 358 cm³/mol. The summed E-state index contributed by atoms with van der Waals surface area (Å²) in [5.74, 6) is 3.63. The molecule has 12 aliphatic rings. The number of hydrogen-bond donors (Lipinski definition) is 12. The minimum absolute atomic E-state index is 0.00497. The van der Waals surface area contributed by atoms with Crippen molar-refractivity contribution >= 4 is 17.7 Å². The van der Waals surface area contributed by atoms with Gasteiger partial charge in [0.05, 0.1) is 61.6 Å². The number of fused-ring (bicyclic) bond motifs is 15. The molecule has 0 heterocycles. The molecule has 3 amide bonds. The fourth-order valence-electron chi connectivity index (χ4n) is 27.5. The van der Waals surface area contributed by atoms with Crippen molar-refractivity contribution in [3.8, 4) is 0 Å². The van der Waals surface area contributed by atoms with E-state index < -0.39 is 36.6 Å². The summed E-state index contributed by atoms with van der Waals surface area (Å²) < 4.78 is 0. The highest BCUT2D eigenvalue weighted by atomic mass is 16.3. The molecule has 93 heavy (non-hydrogen) atoms. The lowest BCUT2D eigenvalue weighted by Gasteiger charge is -2.63. The Morgan fingerprint density at radius 3 is 0.978 bits per heavy atom. The molecule has 0 saturated heterocycles. The summed E-state index contributed by atoms with van der Waals surface area (Å²) in [5.41, 5.74) is -1.02. The van der Waals surface area contributed by atoms with Gasteiger partial charge >= 0.3 is 0 Å². The lowest BCUT2D eigenvalue weighted by molar-refractivity contribution is -0.207. The second-order valence-corrected chi connectivity index (χ2v) is 36.7. The van der Waals surface area contributed by atoms with Crippen LogP contribution in [-0.2, 0) is 14.4 Å². The zero-order valence-corrected chi connectivity index (χ0v) is 58.9. The first-order valence-electron chi connectivity index (χ1n) is 38.6. The summed E-state index contributed by atoms with van der Waals surface area (Å²) in [7, 11) is 0. The quantitative estimate of drug-likeness (QED) is 0.0509. The number of carbonyl (C=O) groups excluding carboxylic acids is 3. The normalized spacial score (nSPS) is 50.6. The topological polar surface area (TPSA) is 273 Å². The molecule has 12 saturated carbocycles. The van der Waals surface area contributed by atoms with E-state index in [1.165, 1.54) is 0 Å². The molecule has 33 atom stereocenters. The average Bonchev–Trinajstić information content (AvgIpc) is 1.71. The summed E-state index contributed by atoms with van der Waals surface area (Å²) in [4.78, 5) is 43.6. The molecule has 12 fully saturated rings. The highest BCUT2D eigenvalue weighted by Gasteiger charge is 2.69. The van der Waals surface area contributed by atoms with Crippen LogP contribution < -0.4 is 16.0 Å². The van der Waals surface area contributed by atoms with Crippen LogP contribution in [0.2, 0.25) is 0 Å². The lowest BCUT2D eigenvalue weighted by Crippen LogP contribution is -2.62. The van der Waals surface area contributed by atoms with Crippen molar-refractivity contribution in [1.29, 1.82) is 0 Å². The van der Waals surface area contributed by atoms with Gasteiger partial charge in [-0.3, -0.25) is 19.3 Å². The van der Waals surface area contributed by atoms with E-state index in [-0.39, 0.29) is 182 Å². The van der Waals surface area contributed by atoms with E-state index in [9.17, 15) is 60.3 Å². The maximum atomic E-state index is 13.9. The van der Waals surface area contributed by atoms with Gasteiger partial charge in [-0.05, 0) is 293 Å². The summed E-state index contributed by atoms with van der Waals surface area (Å²) >= 11 is 0. The molecule has 16 nitrogen and oxygen atoms in total. The minimum atomic E-state index is -0.495. The van der Waals surface area contributed by atoms with Crippen molar-refractivity contribution < 1.29 is 60.3 Å². The summed E-state index contributed by atoms with van der Waals surface area (Å²) in [6.07, 6.45) is 16.8. The minimum Gasteiger partial charge on any atom is -0.393 e. The van der Waals surface area contributed by atoms with Crippen molar-refractivity contribution in [2.75, 3.05) is 32.8 Å². The zero-order chi connectivity index (χ0) is 66.6. The molecule has 12 aliphatic carbocycles. The van der Waals surface area contributed by atoms with Crippen molar-refractivity contribution in [3.63, 3.8) is 0 Å². The number of aliphatic hydroxyl groups is 9. The Labute approximate surface area is 558 Å². The molecule has 12 rings (SSSR count). The molecule has 530 valence electrons. The molecule has 0 spiro atoms. The first-order valence-corrected chi connectivity index (χ1v) is 38.6. The zero-order valence-electron chi connectivity index (χ0n) is 58.9. The highest BCUT2D eigenvalue weighted by molar-refractivity contribution is 5.76. The summed E-state index contributed by atoms with van der Waals surface area (Å²) in [5, 5.41) is 114. The van der Waals surface area contributed by atoms with E-state index in [0.717, 1.165) is 116 Å². The molecular weight excluding hydrogens is 1170 g/mol. The largest absolute Gasteiger partial charge is 0.393 e. The van der Waals surface area contributed by atoms with Crippen LogP contribution in [0.5, 0.6) is 0 Å². The van der Waals surface area contributed by atoms with E-state index in [2.05, 4.69) is 83.2 Å². The van der Waals surface area contributed by atoms with Gasteiger partial charge in [0, 0.05) is 45.4 Å². The number of hydrogen-bond acceptors (Lipinski definition) is 13. The van der Waals surface area contributed by atoms with Crippen molar-refractivity contribution in [3.05, 3.63) is 0 Å². The van der Waals surface area contributed by atoms with Gasteiger partial charge in [-0.2, -0.15) is 0 Å². The Kier molecular flexibility index (Phi) is 20.7. The van der Waals surface area contributed by atoms with Gasteiger partial charge in [-0.25, -0.2) is 0 Å². The van der Waals surface area contributed by atoms with E-state index >= 15 is 0 Å². The van der Waals surface area contributed by atoms with E-state index in [0.29, 0.717) is 84.0 Å². The van der Waals surface area contributed by atoms with Crippen LogP contribution in [0.25, 0.3) is 0 Å². The average molecular weight is 1300 g/mol. The number of nitrogens with one attached hydrogen (secondary N) is 3. The number of carbonyl (C=O) groups is 3. The fraction of sp³-hybridized carbons (Fsp3) is 0.961. The smallest absolute Gasteiger partial charge is 0.221 e. The molecule has 0 aliphatic heterocycles. The molecule has 16 heteroatoms. The second kappa shape index (κ2) is 27.2. The van der Waals surface area contributed by atoms with Crippen molar-refractivity contribution in [1.82, 2.24) is 20.9 Å². The standard InChI is InChI=1S/C77H130N4O12/c1-42(51-13-16-54-69-57(38-63(88)75(51,54)7)72(4)25-22-48(82)32-45(72)35-60(69)85)10-19-66(91)78-28-30-81(41-80-68(93)21-12-44(3)53-15-18-56-71-59(40-65(90)77(53,56)9)74(6)27-24-50(84)34-47(74)37-62(71)87)31-29-79-67(92)20-11-43(2)52-14-17-55-70-58(39-64(89)76(52,55)8)73(5)26-23-49(83)33-46(73)36-61(70)86/h42-65,69-71,82-90H,10-41H2,1-9H3,(H,78,91)(H,79,92)(H,80,93)/t42-,43-,44-,45+,46+,47+,48-,49-,50-,51-,52-,53-,54+,55+,56+,57+,58+,59+,60-,61-,62-,63+,64+,65+,69+,70+,71+,72+,73+,74+,75-,76-,77-/m1/s1. The molecule has 0 bridgehead atoms. The van der Waals surface area contributed by atoms with Crippen LogP contribution in [0.4, 0.5) is 0 Å². The first kappa shape index (κ1) is 70.9.